The van der Waals surface area contributed by atoms with E-state index in [0.717, 1.165) is 16.9 Å². The standard InChI is InChI=1S/C19H16ClN3O/c20-18-6-2-1-5-16(18)14-24-17-10-8-15(9-11-17)13-22-23-19-7-3-4-12-21-19/h1-13H,14H2,(H,21,23). The largest absolute Gasteiger partial charge is 0.489 e. The zero-order chi connectivity index (χ0) is 16.6. The first kappa shape index (κ1) is 16.0. The normalized spacial score (nSPS) is 10.7. The van der Waals surface area contributed by atoms with E-state index < -0.39 is 0 Å². The topological polar surface area (TPSA) is 46.5 Å². The molecular formula is C19H16ClN3O. The molecule has 0 aliphatic rings. The molecule has 0 saturated heterocycles. The van der Waals surface area contributed by atoms with Gasteiger partial charge in [0.05, 0.1) is 6.21 Å². The zero-order valence-electron chi connectivity index (χ0n) is 12.9. The van der Waals surface area contributed by atoms with Crippen molar-refractivity contribution < 1.29 is 4.74 Å². The highest BCUT2D eigenvalue weighted by atomic mass is 35.5. The van der Waals surface area contributed by atoms with Gasteiger partial charge in [0.25, 0.3) is 0 Å². The molecule has 2 aromatic carbocycles. The highest BCUT2D eigenvalue weighted by Crippen LogP contribution is 2.18. The molecule has 4 nitrogen and oxygen atoms in total. The monoisotopic (exact) mass is 337 g/mol. The van der Waals surface area contributed by atoms with Crippen LogP contribution >= 0.6 is 11.6 Å². The predicted octanol–water partition coefficient (Wildman–Crippen LogP) is 4.76. The minimum absolute atomic E-state index is 0.439. The number of hydrogen-bond acceptors (Lipinski definition) is 4. The number of rotatable bonds is 6. The lowest BCUT2D eigenvalue weighted by molar-refractivity contribution is 0.306. The summed E-state index contributed by atoms with van der Waals surface area (Å²) < 4.78 is 5.75. The second-order valence-corrected chi connectivity index (χ2v) is 5.44. The molecule has 120 valence electrons. The molecule has 0 unspecified atom stereocenters. The molecule has 0 spiro atoms. The van der Waals surface area contributed by atoms with Crippen molar-refractivity contribution in [3.63, 3.8) is 0 Å². The third-order valence-electron chi connectivity index (χ3n) is 3.29. The maximum Gasteiger partial charge on any atom is 0.146 e. The van der Waals surface area contributed by atoms with Crippen molar-refractivity contribution in [1.82, 2.24) is 4.98 Å². The van der Waals surface area contributed by atoms with Crippen LogP contribution in [0.3, 0.4) is 0 Å². The lowest BCUT2D eigenvalue weighted by Gasteiger charge is -2.07. The molecule has 0 fully saturated rings. The molecule has 0 amide bonds. The molecule has 1 aromatic heterocycles. The van der Waals surface area contributed by atoms with Gasteiger partial charge in [-0.2, -0.15) is 5.10 Å². The summed E-state index contributed by atoms with van der Waals surface area (Å²) in [6.45, 7) is 0.439. The van der Waals surface area contributed by atoms with Crippen LogP contribution in [0, 0.1) is 0 Å². The molecule has 0 bridgehead atoms. The molecule has 0 aliphatic heterocycles. The fourth-order valence-electron chi connectivity index (χ4n) is 2.03. The number of ether oxygens (including phenoxy) is 1. The number of hydrogen-bond donors (Lipinski definition) is 1. The lowest BCUT2D eigenvalue weighted by Crippen LogP contribution is -1.96. The first-order valence-electron chi connectivity index (χ1n) is 7.48. The average molecular weight is 338 g/mol. The second kappa shape index (κ2) is 8.13. The summed E-state index contributed by atoms with van der Waals surface area (Å²) in [5, 5.41) is 4.86. The SMILES string of the molecule is Clc1ccccc1COc1ccc(C=NNc2ccccn2)cc1. The van der Waals surface area contributed by atoms with Crippen LogP contribution in [0.4, 0.5) is 5.82 Å². The van der Waals surface area contributed by atoms with Crippen molar-refractivity contribution in [3.8, 4) is 5.75 Å². The molecule has 3 rings (SSSR count). The van der Waals surface area contributed by atoms with Gasteiger partial charge < -0.3 is 4.74 Å². The number of halogens is 1. The van der Waals surface area contributed by atoms with Gasteiger partial charge in [-0.25, -0.2) is 4.98 Å². The highest BCUT2D eigenvalue weighted by Gasteiger charge is 2.00. The van der Waals surface area contributed by atoms with Gasteiger partial charge in [-0.05, 0) is 48.0 Å². The van der Waals surface area contributed by atoms with Crippen molar-refractivity contribution in [2.24, 2.45) is 5.10 Å². The van der Waals surface area contributed by atoms with Gasteiger partial charge in [-0.1, -0.05) is 35.9 Å². The Morgan fingerprint density at radius 3 is 2.54 bits per heavy atom. The number of benzene rings is 2. The fourth-order valence-corrected chi connectivity index (χ4v) is 2.22. The molecule has 0 radical (unpaired) electrons. The maximum atomic E-state index is 6.11. The van der Waals surface area contributed by atoms with E-state index in [1.807, 2.05) is 66.7 Å². The molecule has 1 heterocycles. The Bertz CT molecular complexity index is 804. The van der Waals surface area contributed by atoms with Gasteiger partial charge >= 0.3 is 0 Å². The number of nitrogens with zero attached hydrogens (tertiary/aromatic N) is 2. The van der Waals surface area contributed by atoms with E-state index in [-0.39, 0.29) is 0 Å². The van der Waals surface area contributed by atoms with E-state index in [1.165, 1.54) is 0 Å². The molecule has 1 N–H and O–H groups in total. The summed E-state index contributed by atoms with van der Waals surface area (Å²) in [4.78, 5) is 4.13. The first-order valence-corrected chi connectivity index (χ1v) is 7.85. The highest BCUT2D eigenvalue weighted by molar-refractivity contribution is 6.31. The van der Waals surface area contributed by atoms with Crippen LogP contribution in [0.1, 0.15) is 11.1 Å². The van der Waals surface area contributed by atoms with Crippen LogP contribution in [0.5, 0.6) is 5.75 Å². The summed E-state index contributed by atoms with van der Waals surface area (Å²) >= 11 is 6.11. The number of aromatic nitrogens is 1. The molecule has 5 heteroatoms. The Morgan fingerprint density at radius 1 is 1.00 bits per heavy atom. The maximum absolute atomic E-state index is 6.11. The molecule has 0 saturated carbocycles. The molecule has 24 heavy (non-hydrogen) atoms. The quantitative estimate of drug-likeness (QED) is 0.521. The van der Waals surface area contributed by atoms with E-state index in [9.17, 15) is 0 Å². The fraction of sp³-hybridized carbons (Fsp3) is 0.0526. The van der Waals surface area contributed by atoms with Crippen molar-refractivity contribution in [1.29, 1.82) is 0 Å². The minimum atomic E-state index is 0.439. The van der Waals surface area contributed by atoms with Crippen molar-refractivity contribution in [3.05, 3.63) is 89.1 Å². The summed E-state index contributed by atoms with van der Waals surface area (Å²) in [5.41, 5.74) is 4.80. The van der Waals surface area contributed by atoms with Gasteiger partial charge in [0, 0.05) is 16.8 Å². The van der Waals surface area contributed by atoms with Gasteiger partial charge in [-0.3, -0.25) is 5.43 Å². The Morgan fingerprint density at radius 2 is 1.79 bits per heavy atom. The van der Waals surface area contributed by atoms with Crippen LogP contribution in [0.15, 0.2) is 78.0 Å². The molecular weight excluding hydrogens is 322 g/mol. The molecule has 3 aromatic rings. The Labute approximate surface area is 145 Å². The Hall–Kier alpha value is -2.85. The van der Waals surface area contributed by atoms with Crippen molar-refractivity contribution in [2.75, 3.05) is 5.43 Å². The summed E-state index contributed by atoms with van der Waals surface area (Å²) in [6, 6.07) is 20.9. The van der Waals surface area contributed by atoms with Gasteiger partial charge in [0.15, 0.2) is 0 Å². The van der Waals surface area contributed by atoms with E-state index in [4.69, 9.17) is 16.3 Å². The van der Waals surface area contributed by atoms with E-state index in [1.54, 1.807) is 12.4 Å². The molecule has 0 aliphatic carbocycles. The summed E-state index contributed by atoms with van der Waals surface area (Å²) in [7, 11) is 0. The minimum Gasteiger partial charge on any atom is -0.489 e. The van der Waals surface area contributed by atoms with E-state index in [0.29, 0.717) is 17.4 Å². The van der Waals surface area contributed by atoms with Crippen LogP contribution in [-0.2, 0) is 6.61 Å². The average Bonchev–Trinajstić information content (AvgIpc) is 2.63. The third kappa shape index (κ3) is 4.57. The molecule has 0 atom stereocenters. The smallest absolute Gasteiger partial charge is 0.146 e. The van der Waals surface area contributed by atoms with Crippen molar-refractivity contribution >= 4 is 23.6 Å². The summed E-state index contributed by atoms with van der Waals surface area (Å²) in [6.07, 6.45) is 3.44. The van der Waals surface area contributed by atoms with E-state index in [2.05, 4.69) is 15.5 Å². The van der Waals surface area contributed by atoms with Crippen molar-refractivity contribution in [2.45, 2.75) is 6.61 Å². The van der Waals surface area contributed by atoms with Crippen LogP contribution in [0.25, 0.3) is 0 Å². The van der Waals surface area contributed by atoms with Gasteiger partial charge in [0.1, 0.15) is 18.2 Å². The number of hydrazone groups is 1. The predicted molar refractivity (Wildman–Crippen MR) is 97.7 cm³/mol. The number of anilines is 1. The number of pyridine rings is 1. The Kier molecular flexibility index (Phi) is 5.43. The zero-order valence-corrected chi connectivity index (χ0v) is 13.6. The Balaban J connectivity index is 1.54. The lowest BCUT2D eigenvalue weighted by atomic mass is 10.2. The van der Waals surface area contributed by atoms with Gasteiger partial charge in [-0.15, -0.1) is 0 Å². The van der Waals surface area contributed by atoms with Crippen LogP contribution < -0.4 is 10.2 Å². The van der Waals surface area contributed by atoms with E-state index >= 15 is 0 Å². The van der Waals surface area contributed by atoms with Gasteiger partial charge in [0.2, 0.25) is 0 Å². The third-order valence-corrected chi connectivity index (χ3v) is 3.66. The van der Waals surface area contributed by atoms with Crippen LogP contribution in [-0.4, -0.2) is 11.2 Å². The number of nitrogens with one attached hydrogen (secondary N) is 1. The summed E-state index contributed by atoms with van der Waals surface area (Å²) in [5.74, 6) is 1.48. The van der Waals surface area contributed by atoms with Crippen LogP contribution in [0.2, 0.25) is 5.02 Å². The second-order valence-electron chi connectivity index (χ2n) is 5.03. The first-order chi connectivity index (χ1) is 11.8.